The fourth-order valence-corrected chi connectivity index (χ4v) is 19.1. The highest BCUT2D eigenvalue weighted by atomic mass is 16.5. The number of phenols is 2. The van der Waals surface area contributed by atoms with Gasteiger partial charge in [-0.25, -0.2) is 0 Å². The van der Waals surface area contributed by atoms with Crippen molar-refractivity contribution in [2.45, 2.75) is 168 Å². The number of hydrogen-bond donors (Lipinski definition) is 8. The minimum absolute atomic E-state index is 0.133. The summed E-state index contributed by atoms with van der Waals surface area (Å²) < 4.78 is 35.8. The molecular weight excluding hydrogens is 1680 g/mol. The number of aryl methyl sites for hydroxylation is 4. The molecule has 0 radical (unpaired) electrons. The van der Waals surface area contributed by atoms with Crippen LogP contribution in [0.2, 0.25) is 0 Å². The molecular formula is C116H120N2O16-2. The topological polar surface area (TPSA) is 270 Å². The second kappa shape index (κ2) is 43.6. The maximum Gasteiger partial charge on any atom is 0.130 e. The van der Waals surface area contributed by atoms with Gasteiger partial charge in [-0.2, -0.15) is 0 Å². The van der Waals surface area contributed by atoms with Crippen molar-refractivity contribution in [1.82, 2.24) is 0 Å². The van der Waals surface area contributed by atoms with Crippen molar-refractivity contribution in [2.24, 2.45) is 0 Å². The molecule has 0 saturated heterocycles. The summed E-state index contributed by atoms with van der Waals surface area (Å²) in [5.74, 6) is -0.330. The lowest BCUT2D eigenvalue weighted by Gasteiger charge is -2.61. The molecule has 134 heavy (non-hydrogen) atoms. The molecule has 18 heteroatoms. The maximum atomic E-state index is 15.7. The van der Waals surface area contributed by atoms with E-state index in [1.54, 1.807) is 115 Å². The number of anilines is 6. The van der Waals surface area contributed by atoms with Crippen LogP contribution in [0, 0.1) is 0 Å². The number of methoxy groups -OCH3 is 6. The summed E-state index contributed by atoms with van der Waals surface area (Å²) in [6, 6.07) is 82.6. The molecule has 0 amide bonds. The Labute approximate surface area is 786 Å². The highest BCUT2D eigenvalue weighted by Gasteiger charge is 2.42. The van der Waals surface area contributed by atoms with Crippen LogP contribution in [0.25, 0.3) is 89.0 Å². The highest BCUT2D eigenvalue weighted by Crippen LogP contribution is 2.57. The molecule has 8 N–H and O–H groups in total. The van der Waals surface area contributed by atoms with Crippen LogP contribution in [-0.2, 0) is 65.3 Å². The van der Waals surface area contributed by atoms with Crippen LogP contribution in [0.3, 0.4) is 0 Å². The van der Waals surface area contributed by atoms with E-state index in [-0.39, 0.29) is 62.3 Å². The minimum Gasteiger partial charge on any atom is -0.851 e. The van der Waals surface area contributed by atoms with E-state index in [1.807, 2.05) is 60.7 Å². The summed E-state index contributed by atoms with van der Waals surface area (Å²) in [6.45, 7) is 6.72. The Balaban J connectivity index is 0.899. The van der Waals surface area contributed by atoms with E-state index in [4.69, 9.17) is 28.4 Å². The van der Waals surface area contributed by atoms with E-state index in [0.717, 1.165) is 144 Å². The molecule has 2 unspecified atom stereocenters. The molecule has 0 bridgehead atoms. The van der Waals surface area contributed by atoms with Crippen LogP contribution in [0.1, 0.15) is 158 Å². The Morgan fingerprint density at radius 1 is 0.261 bits per heavy atom. The fourth-order valence-electron chi connectivity index (χ4n) is 19.1. The first-order chi connectivity index (χ1) is 65.4. The van der Waals surface area contributed by atoms with Gasteiger partial charge in [-0.3, -0.25) is 0 Å². The predicted molar refractivity (Wildman–Crippen MR) is 531 cm³/mol. The summed E-state index contributed by atoms with van der Waals surface area (Å²) >= 11 is 0. The Hall–Kier alpha value is -13.2. The lowest BCUT2D eigenvalue weighted by atomic mass is 9.63. The van der Waals surface area contributed by atoms with Gasteiger partial charge < -0.3 is 89.3 Å². The van der Waals surface area contributed by atoms with Gasteiger partial charge in [0.05, 0.1) is 105 Å². The van der Waals surface area contributed by atoms with Gasteiger partial charge >= 0.3 is 0 Å². The number of ether oxygens (including phenoxy) is 6. The number of nitrogens with zero attached hydrogens (tertiary/aromatic N) is 2. The standard InChI is InChI=1S/C116H120N2O16/c1-11-15-19-71-23-31-77(32-24-71)95-57-81(109-85(67-121)51-75(65-119)53-105(109)131-7)39-47-99(95)117(100-48-40-82(110-86(68-122)52-76(66-120)54-106(110)132-8)58-96(100)78-33-25-72(26-34-78)20-16-12-2)89-43-45-93(103(125)61-89)113-115(127)114(116(113)128)94-46-44-90(62-104(94)126)118(101-49-41-83(111-87(69-123)55-91(129-5)63-107(111)133-9)59-97(101)79-35-27-73(28-36-79)21-17-13-3)102-50-42-84(112-88(70-124)56-92(130-6)64-108(112)134-10)60-98(102)80-37-29-74(30-38-80)22-18-14-4/h23-64,113-116,119-126H,11-22,65-70H2,1-10H3/q-2. The van der Waals surface area contributed by atoms with Crippen molar-refractivity contribution in [1.29, 1.82) is 0 Å². The molecule has 0 aliphatic heterocycles. The lowest BCUT2D eigenvalue weighted by molar-refractivity contribution is -0.536. The Kier molecular flexibility index (Phi) is 31.1. The third-order valence-corrected chi connectivity index (χ3v) is 26.3. The molecule has 14 aromatic carbocycles. The SMILES string of the molecule is CCCCc1ccc(-c2cc(-c3c(CO)cc(CO)cc3OC)ccc2N(c2ccc(C3C([O-])C(c4ccc(N(c5ccc(-c6c(CO)cc(OC)cc6OC)cc5-c5ccc(CCCC)cc5)c5ccc(-c6c(CO)cc(OC)cc6OC)cc5-c5ccc(CCCC)cc5)cc4O)C3[O-])c(O)c2)c2ccc(-c3c(CO)cc(CO)cc3OC)cc2-c2ccc(CCCC)cc2)cc1. The minimum atomic E-state index is -1.67. The number of phenolic OH excluding ortho intramolecular Hbond substituents is 2. The van der Waals surface area contributed by atoms with Crippen molar-refractivity contribution < 1.29 is 79.5 Å². The second-order valence-electron chi connectivity index (χ2n) is 34.6. The molecule has 1 aliphatic rings. The Morgan fingerprint density at radius 2 is 0.515 bits per heavy atom. The van der Waals surface area contributed by atoms with Crippen molar-refractivity contribution in [3.63, 3.8) is 0 Å². The summed E-state index contributed by atoms with van der Waals surface area (Å²) in [5, 5.41) is 123. The number of hydrogen-bond acceptors (Lipinski definition) is 18. The normalized spacial score (nSPS) is 14.0. The van der Waals surface area contributed by atoms with Crippen LogP contribution < -0.4 is 48.4 Å². The van der Waals surface area contributed by atoms with Gasteiger partial charge in [0.15, 0.2) is 0 Å². The molecule has 2 atom stereocenters. The predicted octanol–water partition coefficient (Wildman–Crippen LogP) is 23.1. The fraction of sp³-hybridized carbons (Fsp3) is 0.276. The van der Waals surface area contributed by atoms with E-state index < -0.39 is 24.0 Å². The number of aliphatic hydroxyl groups is 6. The van der Waals surface area contributed by atoms with Crippen LogP contribution in [0.15, 0.2) is 255 Å². The first-order valence-electron chi connectivity index (χ1n) is 46.4. The molecule has 1 aliphatic carbocycles. The van der Waals surface area contributed by atoms with Crippen molar-refractivity contribution in [3.05, 3.63) is 322 Å². The number of unbranched alkanes of at least 4 members (excludes halogenated alkanes) is 4. The van der Waals surface area contributed by atoms with Gasteiger partial charge in [0, 0.05) is 80.1 Å². The van der Waals surface area contributed by atoms with Gasteiger partial charge in [-0.15, -0.1) is 12.2 Å². The lowest BCUT2D eigenvalue weighted by Crippen LogP contribution is -2.63. The van der Waals surface area contributed by atoms with Gasteiger partial charge in [0.1, 0.15) is 46.0 Å². The van der Waals surface area contributed by atoms with Gasteiger partial charge in [0.2, 0.25) is 0 Å². The summed E-state index contributed by atoms with van der Waals surface area (Å²) in [7, 11) is 9.42. The van der Waals surface area contributed by atoms with E-state index in [1.165, 1.54) is 11.1 Å². The van der Waals surface area contributed by atoms with Crippen LogP contribution in [-0.4, -0.2) is 95.7 Å². The van der Waals surface area contributed by atoms with E-state index in [9.17, 15) is 40.9 Å². The van der Waals surface area contributed by atoms with Gasteiger partial charge in [-0.1, -0.05) is 199 Å². The molecule has 1 saturated carbocycles. The van der Waals surface area contributed by atoms with Crippen LogP contribution in [0.5, 0.6) is 46.0 Å². The first-order valence-corrected chi connectivity index (χ1v) is 46.4. The zero-order chi connectivity index (χ0) is 94.4. The molecule has 1 fully saturated rings. The molecule has 0 aromatic heterocycles. The average molecular weight is 1800 g/mol. The average Bonchev–Trinajstić information content (AvgIpc) is 0.731. The Bertz CT molecular complexity index is 5630. The van der Waals surface area contributed by atoms with E-state index >= 15 is 10.2 Å². The smallest absolute Gasteiger partial charge is 0.130 e. The summed E-state index contributed by atoms with van der Waals surface area (Å²) in [5.41, 5.74) is 23.5. The molecule has 692 valence electrons. The van der Waals surface area contributed by atoms with Gasteiger partial charge in [-0.05, 0) is 259 Å². The third-order valence-electron chi connectivity index (χ3n) is 26.3. The number of benzene rings is 14. The molecule has 14 aromatic rings. The molecule has 0 spiro atoms. The van der Waals surface area contributed by atoms with E-state index in [2.05, 4.69) is 159 Å². The van der Waals surface area contributed by atoms with Crippen molar-refractivity contribution in [2.75, 3.05) is 52.5 Å². The monoisotopic (exact) mass is 1800 g/mol. The summed E-state index contributed by atoms with van der Waals surface area (Å²) in [6.07, 6.45) is 8.18. The third kappa shape index (κ3) is 19.8. The largest absolute Gasteiger partial charge is 0.851 e. The zero-order valence-electron chi connectivity index (χ0n) is 78.0. The Morgan fingerprint density at radius 3 is 0.746 bits per heavy atom. The zero-order valence-corrected chi connectivity index (χ0v) is 78.0. The van der Waals surface area contributed by atoms with Gasteiger partial charge in [0.25, 0.3) is 0 Å². The quantitative estimate of drug-likeness (QED) is 0.0177. The second-order valence-corrected chi connectivity index (χ2v) is 34.6. The van der Waals surface area contributed by atoms with Crippen molar-refractivity contribution in [3.8, 4) is 135 Å². The molecule has 18 nitrogen and oxygen atoms in total. The molecule has 15 rings (SSSR count). The van der Waals surface area contributed by atoms with Crippen LogP contribution >= 0.6 is 0 Å². The number of rotatable bonds is 40. The highest BCUT2D eigenvalue weighted by molar-refractivity contribution is 6.00. The van der Waals surface area contributed by atoms with Crippen molar-refractivity contribution >= 4 is 34.1 Å². The van der Waals surface area contributed by atoms with E-state index in [0.29, 0.717) is 135 Å². The maximum absolute atomic E-state index is 15.7. The first kappa shape index (κ1) is 95.4. The molecule has 0 heterocycles. The van der Waals surface area contributed by atoms with Crippen LogP contribution in [0.4, 0.5) is 34.1 Å². The number of aliphatic hydroxyl groups excluding tert-OH is 6. The summed E-state index contributed by atoms with van der Waals surface area (Å²) in [4.78, 5) is 4.14. The number of aromatic hydroxyl groups is 2.